The molecule has 0 aromatic rings. The molecule has 0 radical (unpaired) electrons. The average molecular weight is 406 g/mol. The molecule has 0 bridgehead atoms. The van der Waals surface area contributed by atoms with Gasteiger partial charge >= 0.3 is 6.18 Å². The predicted molar refractivity (Wildman–Crippen MR) is 78.3 cm³/mol. The number of rotatable bonds is 12. The largest absolute Gasteiger partial charge is 0.422 e. The van der Waals surface area contributed by atoms with Crippen molar-refractivity contribution in [3.8, 4) is 0 Å². The zero-order valence-electron chi connectivity index (χ0n) is 14.4. The highest BCUT2D eigenvalue weighted by Gasteiger charge is 2.53. The van der Waals surface area contributed by atoms with E-state index in [0.717, 1.165) is 12.8 Å². The summed E-state index contributed by atoms with van der Waals surface area (Å²) in [7, 11) is 0. The van der Waals surface area contributed by atoms with Crippen LogP contribution in [0.2, 0.25) is 0 Å². The smallest absolute Gasteiger partial charge is 0.244 e. The molecule has 10 heteroatoms. The van der Waals surface area contributed by atoms with Gasteiger partial charge in [-0.2, -0.15) is 13.2 Å². The maximum absolute atomic E-state index is 13.6. The molecule has 0 aliphatic rings. The monoisotopic (exact) mass is 406 g/mol. The van der Waals surface area contributed by atoms with Crippen LogP contribution in [0.4, 0.5) is 43.9 Å². The average Bonchev–Trinajstić information content (AvgIpc) is 2.60. The van der Waals surface area contributed by atoms with E-state index in [-0.39, 0.29) is 12.3 Å². The number of hydrogen-bond acceptors (Lipinski definition) is 0. The van der Waals surface area contributed by atoms with E-state index in [1.165, 1.54) is 0 Å². The molecule has 158 valence electrons. The molecular weight excluding hydrogens is 382 g/mol. The molecule has 0 aliphatic carbocycles. The van der Waals surface area contributed by atoms with Crippen molar-refractivity contribution in [2.24, 2.45) is 5.92 Å². The van der Waals surface area contributed by atoms with Crippen LogP contribution in [0.1, 0.15) is 46.0 Å². The maximum atomic E-state index is 13.6. The molecule has 0 amide bonds. The van der Waals surface area contributed by atoms with Crippen LogP contribution < -0.4 is 0 Å². The van der Waals surface area contributed by atoms with Gasteiger partial charge in [-0.25, -0.2) is 30.7 Å². The van der Waals surface area contributed by atoms with Crippen LogP contribution in [0.5, 0.6) is 0 Å². The molecular formula is C16H24F10. The number of hydrogen-bond donors (Lipinski definition) is 0. The minimum Gasteiger partial charge on any atom is -0.244 e. The van der Waals surface area contributed by atoms with E-state index in [9.17, 15) is 43.9 Å². The SMILES string of the molecule is CCC(CC)CCCC(F)C(F)C(F)C(F)C(F)C(F)C(F)C(F)(F)F. The van der Waals surface area contributed by atoms with Crippen molar-refractivity contribution in [1.29, 1.82) is 0 Å². The zero-order chi connectivity index (χ0) is 20.7. The first-order valence-electron chi connectivity index (χ1n) is 8.43. The molecule has 0 aromatic carbocycles. The van der Waals surface area contributed by atoms with Crippen LogP contribution in [-0.2, 0) is 0 Å². The van der Waals surface area contributed by atoms with Crippen LogP contribution >= 0.6 is 0 Å². The molecule has 0 saturated carbocycles. The summed E-state index contributed by atoms with van der Waals surface area (Å²) in [4.78, 5) is 0. The van der Waals surface area contributed by atoms with Crippen molar-refractivity contribution >= 4 is 0 Å². The zero-order valence-corrected chi connectivity index (χ0v) is 14.4. The van der Waals surface area contributed by atoms with Gasteiger partial charge in [0.1, 0.15) is 6.17 Å². The summed E-state index contributed by atoms with van der Waals surface area (Å²) in [5, 5.41) is 0. The Hall–Kier alpha value is -0.700. The summed E-state index contributed by atoms with van der Waals surface area (Å²) in [6, 6.07) is 0. The normalized spacial score (nSPS) is 21.1. The molecule has 0 nitrogen and oxygen atoms in total. The Bertz CT molecular complexity index is 371. The van der Waals surface area contributed by atoms with E-state index in [1.54, 1.807) is 0 Å². The Kier molecular flexibility index (Phi) is 10.9. The maximum Gasteiger partial charge on any atom is 0.422 e. The number of halogens is 10. The molecule has 0 spiro atoms. The van der Waals surface area contributed by atoms with Crippen molar-refractivity contribution in [2.45, 2.75) is 95.3 Å². The second-order valence-electron chi connectivity index (χ2n) is 6.29. The number of alkyl halides is 10. The van der Waals surface area contributed by atoms with Gasteiger partial charge < -0.3 is 0 Å². The lowest BCUT2D eigenvalue weighted by atomic mass is 9.93. The van der Waals surface area contributed by atoms with Crippen LogP contribution in [0.15, 0.2) is 0 Å². The predicted octanol–water partition coefficient (Wildman–Crippen LogP) is 6.52. The fraction of sp³-hybridized carbons (Fsp3) is 1.00. The van der Waals surface area contributed by atoms with Gasteiger partial charge in [0, 0.05) is 0 Å². The molecule has 0 N–H and O–H groups in total. The molecule has 0 fully saturated rings. The second kappa shape index (κ2) is 11.2. The Morgan fingerprint density at radius 2 is 1.04 bits per heavy atom. The van der Waals surface area contributed by atoms with Gasteiger partial charge in [0.05, 0.1) is 0 Å². The molecule has 7 atom stereocenters. The van der Waals surface area contributed by atoms with E-state index in [2.05, 4.69) is 0 Å². The van der Waals surface area contributed by atoms with Crippen LogP contribution in [0.3, 0.4) is 0 Å². The quantitative estimate of drug-likeness (QED) is 0.324. The summed E-state index contributed by atoms with van der Waals surface area (Å²) in [6.07, 6.45) is -29.6. The lowest BCUT2D eigenvalue weighted by molar-refractivity contribution is -0.206. The van der Waals surface area contributed by atoms with Crippen molar-refractivity contribution in [3.05, 3.63) is 0 Å². The molecule has 0 aromatic heterocycles. The minimum absolute atomic E-state index is 0.142. The highest BCUT2D eigenvalue weighted by molar-refractivity contribution is 4.92. The van der Waals surface area contributed by atoms with Crippen LogP contribution in [-0.4, -0.2) is 49.4 Å². The molecule has 26 heavy (non-hydrogen) atoms. The third-order valence-corrected chi connectivity index (χ3v) is 4.40. The Balaban J connectivity index is 4.66. The van der Waals surface area contributed by atoms with Gasteiger partial charge in [0.25, 0.3) is 0 Å². The Morgan fingerprint density at radius 1 is 0.615 bits per heavy atom. The van der Waals surface area contributed by atoms with Gasteiger partial charge in [0.15, 0.2) is 30.9 Å². The van der Waals surface area contributed by atoms with Crippen LogP contribution in [0.25, 0.3) is 0 Å². The van der Waals surface area contributed by atoms with E-state index in [4.69, 9.17) is 0 Å². The standard InChI is InChI=1S/C16H24F10/c1-3-8(4-2)6-5-7-9(17)10(18)11(19)12(20)13(21)14(22)15(23)16(24,25)26/h8-15H,3-7H2,1-2H3. The lowest BCUT2D eigenvalue weighted by Crippen LogP contribution is -2.48. The first-order valence-corrected chi connectivity index (χ1v) is 8.43. The molecule has 7 unspecified atom stereocenters. The highest BCUT2D eigenvalue weighted by Crippen LogP contribution is 2.33. The summed E-state index contributed by atoms with van der Waals surface area (Å²) >= 11 is 0. The van der Waals surface area contributed by atoms with Gasteiger partial charge in [-0.05, 0) is 12.3 Å². The van der Waals surface area contributed by atoms with Crippen molar-refractivity contribution in [2.75, 3.05) is 0 Å². The van der Waals surface area contributed by atoms with Gasteiger partial charge in [0.2, 0.25) is 6.17 Å². The first-order chi connectivity index (χ1) is 11.9. The topological polar surface area (TPSA) is 0 Å². The molecule has 0 heterocycles. The van der Waals surface area contributed by atoms with Crippen molar-refractivity contribution in [3.63, 3.8) is 0 Å². The van der Waals surface area contributed by atoms with Gasteiger partial charge in [-0.15, -0.1) is 0 Å². The minimum atomic E-state index is -5.83. The van der Waals surface area contributed by atoms with Crippen molar-refractivity contribution < 1.29 is 43.9 Å². The van der Waals surface area contributed by atoms with Gasteiger partial charge in [-0.1, -0.05) is 39.5 Å². The fourth-order valence-corrected chi connectivity index (χ4v) is 2.53. The molecule has 0 saturated heterocycles. The highest BCUT2D eigenvalue weighted by atomic mass is 19.4. The molecule has 0 rings (SSSR count). The summed E-state index contributed by atoms with van der Waals surface area (Å²) in [5.74, 6) is 0.238. The summed E-state index contributed by atoms with van der Waals surface area (Å²) < 4.78 is 129. The van der Waals surface area contributed by atoms with E-state index >= 15 is 0 Å². The Morgan fingerprint density at radius 3 is 1.46 bits per heavy atom. The van der Waals surface area contributed by atoms with Crippen LogP contribution in [0, 0.1) is 5.92 Å². The summed E-state index contributed by atoms with van der Waals surface area (Å²) in [5.41, 5.74) is 0. The van der Waals surface area contributed by atoms with E-state index in [0.29, 0.717) is 6.42 Å². The Labute approximate surface area is 146 Å². The third kappa shape index (κ3) is 7.50. The molecule has 0 aliphatic heterocycles. The van der Waals surface area contributed by atoms with E-state index < -0.39 is 55.8 Å². The second-order valence-corrected chi connectivity index (χ2v) is 6.29. The van der Waals surface area contributed by atoms with Gasteiger partial charge in [-0.3, -0.25) is 0 Å². The van der Waals surface area contributed by atoms with Crippen molar-refractivity contribution in [1.82, 2.24) is 0 Å². The third-order valence-electron chi connectivity index (χ3n) is 4.40. The van der Waals surface area contributed by atoms with E-state index in [1.807, 2.05) is 13.8 Å². The fourth-order valence-electron chi connectivity index (χ4n) is 2.53. The first kappa shape index (κ1) is 25.3. The lowest BCUT2D eigenvalue weighted by Gasteiger charge is -2.26. The summed E-state index contributed by atoms with van der Waals surface area (Å²) in [6.45, 7) is 3.77.